The summed E-state index contributed by atoms with van der Waals surface area (Å²) in [4.78, 5) is 21.5. The lowest BCUT2D eigenvalue weighted by atomic mass is 9.97. The zero-order valence-electron chi connectivity index (χ0n) is 19.6. The minimum absolute atomic E-state index is 0.128. The molecular formula is C28H27N7. The second-order valence-electron chi connectivity index (χ2n) is 8.88. The van der Waals surface area contributed by atoms with Crippen LogP contribution in [0, 0.1) is 0 Å². The summed E-state index contributed by atoms with van der Waals surface area (Å²) in [5.74, 6) is 2.44. The summed E-state index contributed by atoms with van der Waals surface area (Å²) >= 11 is 0. The van der Waals surface area contributed by atoms with E-state index in [9.17, 15) is 0 Å². The normalized spacial score (nSPS) is 16.0. The summed E-state index contributed by atoms with van der Waals surface area (Å²) < 4.78 is 0. The van der Waals surface area contributed by atoms with Crippen LogP contribution in [0.5, 0.6) is 0 Å². The van der Waals surface area contributed by atoms with E-state index in [1.807, 2.05) is 36.8 Å². The van der Waals surface area contributed by atoms with Crippen molar-refractivity contribution in [1.29, 1.82) is 0 Å². The second-order valence-corrected chi connectivity index (χ2v) is 8.88. The molecule has 0 amide bonds. The van der Waals surface area contributed by atoms with Gasteiger partial charge in [0.05, 0.1) is 17.1 Å². The Balaban J connectivity index is 1.41. The molecule has 1 aliphatic heterocycles. The van der Waals surface area contributed by atoms with Gasteiger partial charge in [-0.3, -0.25) is 4.98 Å². The minimum Gasteiger partial charge on any atom is -0.364 e. The summed E-state index contributed by atoms with van der Waals surface area (Å²) in [6, 6.07) is 14.5. The van der Waals surface area contributed by atoms with E-state index in [0.717, 1.165) is 59.8 Å². The van der Waals surface area contributed by atoms with Crippen molar-refractivity contribution in [2.75, 3.05) is 36.4 Å². The topological polar surface area (TPSA) is 78.9 Å². The third-order valence-corrected chi connectivity index (χ3v) is 6.55. The van der Waals surface area contributed by atoms with Crippen molar-refractivity contribution in [2.24, 2.45) is 0 Å². The Bertz CT molecular complexity index is 1420. The van der Waals surface area contributed by atoms with Gasteiger partial charge in [0, 0.05) is 55.7 Å². The lowest BCUT2D eigenvalue weighted by Crippen LogP contribution is -2.44. The van der Waals surface area contributed by atoms with Crippen molar-refractivity contribution in [3.63, 3.8) is 0 Å². The summed E-state index contributed by atoms with van der Waals surface area (Å²) in [6.45, 7) is 5.81. The first-order valence-electron chi connectivity index (χ1n) is 12.0. The number of hydrogen-bond donors (Lipinski definition) is 2. The Labute approximate surface area is 204 Å². The molecule has 0 spiro atoms. The maximum Gasteiger partial charge on any atom is 0.162 e. The van der Waals surface area contributed by atoms with Crippen LogP contribution in [-0.4, -0.2) is 46.1 Å². The van der Waals surface area contributed by atoms with Crippen LogP contribution < -0.4 is 15.5 Å². The molecule has 0 radical (unpaired) electrons. The maximum absolute atomic E-state index is 5.13. The highest BCUT2D eigenvalue weighted by Gasteiger charge is 2.21. The molecule has 1 aliphatic carbocycles. The molecule has 2 aliphatic rings. The monoisotopic (exact) mass is 461 g/mol. The molecule has 4 heterocycles. The van der Waals surface area contributed by atoms with Crippen molar-refractivity contribution < 1.29 is 0 Å². The lowest BCUT2D eigenvalue weighted by molar-refractivity contribution is 0.586. The van der Waals surface area contributed by atoms with Crippen molar-refractivity contribution in [3.05, 3.63) is 90.4 Å². The van der Waals surface area contributed by atoms with E-state index in [-0.39, 0.29) is 6.04 Å². The Morgan fingerprint density at radius 1 is 1.03 bits per heavy atom. The highest BCUT2D eigenvalue weighted by atomic mass is 15.2. The fourth-order valence-electron chi connectivity index (χ4n) is 4.59. The van der Waals surface area contributed by atoms with E-state index < -0.39 is 0 Å². The fourth-order valence-corrected chi connectivity index (χ4v) is 4.59. The van der Waals surface area contributed by atoms with Gasteiger partial charge in [0.1, 0.15) is 11.6 Å². The van der Waals surface area contributed by atoms with E-state index >= 15 is 0 Å². The third-order valence-electron chi connectivity index (χ3n) is 6.55. The van der Waals surface area contributed by atoms with Crippen LogP contribution in [0.15, 0.2) is 79.3 Å². The molecule has 35 heavy (non-hydrogen) atoms. The fraction of sp³-hybridized carbons (Fsp3) is 0.214. The van der Waals surface area contributed by atoms with E-state index in [0.29, 0.717) is 5.82 Å². The first-order chi connectivity index (χ1) is 17.3. The molecule has 2 N–H and O–H groups in total. The minimum atomic E-state index is 0.128. The van der Waals surface area contributed by atoms with Gasteiger partial charge >= 0.3 is 0 Å². The Hall–Kier alpha value is -4.10. The smallest absolute Gasteiger partial charge is 0.162 e. The van der Waals surface area contributed by atoms with Gasteiger partial charge in [-0.2, -0.15) is 0 Å². The second kappa shape index (κ2) is 9.27. The van der Waals surface area contributed by atoms with Gasteiger partial charge in [0.2, 0.25) is 0 Å². The van der Waals surface area contributed by atoms with Crippen molar-refractivity contribution in [3.8, 4) is 11.4 Å². The standard InChI is InChI=1S/C28H27N7/c1-19(20-6-3-2-4-7-20)32-25-16-22(10-11-31-25)27-33-24-18-30-17-23(21-8-5-9-21)26(24)28(34-27)35-14-12-29-13-15-35/h2-11,16-19,29H,12-15H2,1H3,(H,31,32)/t19-/m1/s1. The van der Waals surface area contributed by atoms with Crippen LogP contribution >= 0.6 is 0 Å². The SMILES string of the molecule is C[C@@H](Nc1cc(-c2nc(N3CCNCC3)c3c(C4=CC=C4)cncc3n2)ccn1)c1ccccc1. The molecule has 0 bridgehead atoms. The molecule has 174 valence electrons. The van der Waals surface area contributed by atoms with Crippen LogP contribution in [0.25, 0.3) is 27.9 Å². The van der Waals surface area contributed by atoms with Crippen molar-refractivity contribution in [1.82, 2.24) is 25.3 Å². The number of aromatic nitrogens is 4. The highest BCUT2D eigenvalue weighted by Crippen LogP contribution is 2.35. The number of piperazine rings is 1. The number of rotatable bonds is 6. The number of fused-ring (bicyclic) bond motifs is 1. The predicted molar refractivity (Wildman–Crippen MR) is 141 cm³/mol. The van der Waals surface area contributed by atoms with Crippen LogP contribution in [0.2, 0.25) is 0 Å². The molecule has 4 aromatic rings. The van der Waals surface area contributed by atoms with E-state index in [1.54, 1.807) is 0 Å². The number of hydrogen-bond acceptors (Lipinski definition) is 7. The number of anilines is 2. The molecule has 0 unspecified atom stereocenters. The molecule has 1 aromatic carbocycles. The van der Waals surface area contributed by atoms with Gasteiger partial charge in [-0.05, 0) is 30.2 Å². The molecule has 7 nitrogen and oxygen atoms in total. The zero-order chi connectivity index (χ0) is 23.6. The largest absolute Gasteiger partial charge is 0.364 e. The quantitative estimate of drug-likeness (QED) is 0.434. The van der Waals surface area contributed by atoms with Crippen molar-refractivity contribution in [2.45, 2.75) is 13.0 Å². The predicted octanol–water partition coefficient (Wildman–Crippen LogP) is 4.62. The van der Waals surface area contributed by atoms with Gasteiger partial charge < -0.3 is 15.5 Å². The van der Waals surface area contributed by atoms with Crippen LogP contribution in [0.3, 0.4) is 0 Å². The van der Waals surface area contributed by atoms with Crippen LogP contribution in [0.4, 0.5) is 11.6 Å². The molecule has 0 saturated carbocycles. The maximum atomic E-state index is 5.13. The Morgan fingerprint density at radius 2 is 1.86 bits per heavy atom. The van der Waals surface area contributed by atoms with Gasteiger partial charge in [0.25, 0.3) is 0 Å². The number of nitrogens with one attached hydrogen (secondary N) is 2. The van der Waals surface area contributed by atoms with Gasteiger partial charge in [-0.1, -0.05) is 48.6 Å². The molecule has 1 saturated heterocycles. The van der Waals surface area contributed by atoms with E-state index in [1.165, 1.54) is 11.1 Å². The number of pyridine rings is 2. The number of nitrogens with zero attached hydrogens (tertiary/aromatic N) is 5. The lowest BCUT2D eigenvalue weighted by Gasteiger charge is -2.30. The first kappa shape index (κ1) is 21.4. The Kier molecular flexibility index (Phi) is 5.68. The zero-order valence-corrected chi connectivity index (χ0v) is 19.6. The molecule has 3 aromatic heterocycles. The van der Waals surface area contributed by atoms with Gasteiger partial charge in [0.15, 0.2) is 5.82 Å². The van der Waals surface area contributed by atoms with Gasteiger partial charge in [-0.25, -0.2) is 15.0 Å². The summed E-state index contributed by atoms with van der Waals surface area (Å²) in [5, 5.41) is 8.01. The molecule has 1 fully saturated rings. The van der Waals surface area contributed by atoms with Gasteiger partial charge in [-0.15, -0.1) is 0 Å². The summed E-state index contributed by atoms with van der Waals surface area (Å²) in [7, 11) is 0. The molecule has 6 rings (SSSR count). The highest BCUT2D eigenvalue weighted by molar-refractivity contribution is 6.02. The molecular weight excluding hydrogens is 434 g/mol. The average Bonchev–Trinajstić information content (AvgIpc) is 2.88. The summed E-state index contributed by atoms with van der Waals surface area (Å²) in [5.41, 5.74) is 5.24. The average molecular weight is 462 g/mol. The number of allylic oxidation sites excluding steroid dienone is 4. The van der Waals surface area contributed by atoms with Crippen LogP contribution in [-0.2, 0) is 0 Å². The molecule has 7 heteroatoms. The van der Waals surface area contributed by atoms with E-state index in [2.05, 4.69) is 74.9 Å². The third kappa shape index (κ3) is 4.26. The van der Waals surface area contributed by atoms with Crippen molar-refractivity contribution >= 4 is 28.1 Å². The summed E-state index contributed by atoms with van der Waals surface area (Å²) in [6.07, 6.45) is 11.9. The number of benzene rings is 1. The van der Waals surface area contributed by atoms with E-state index in [4.69, 9.17) is 9.97 Å². The molecule has 1 atom stereocenters. The Morgan fingerprint density at radius 3 is 2.63 bits per heavy atom. The van der Waals surface area contributed by atoms with Crippen LogP contribution in [0.1, 0.15) is 24.1 Å². The first-order valence-corrected chi connectivity index (χ1v) is 12.0.